The predicted molar refractivity (Wildman–Crippen MR) is 88.2 cm³/mol. The molecule has 5 rings (SSSR count). The van der Waals surface area contributed by atoms with Crippen molar-refractivity contribution in [3.8, 4) is 6.07 Å². The van der Waals surface area contributed by atoms with E-state index >= 15 is 0 Å². The van der Waals surface area contributed by atoms with Crippen molar-refractivity contribution in [2.24, 2.45) is 46.3 Å². The molecule has 5 aliphatic carbocycles. The van der Waals surface area contributed by atoms with E-state index in [1.165, 1.54) is 31.3 Å². The second-order valence-electron chi connectivity index (χ2n) is 9.58. The zero-order chi connectivity index (χ0) is 16.0. The molecule has 0 aromatic carbocycles. The van der Waals surface area contributed by atoms with Gasteiger partial charge in [0.05, 0.1) is 12.0 Å². The molecule has 0 heterocycles. The largest absolute Gasteiger partial charge is 0.295 e. The van der Waals surface area contributed by atoms with Crippen molar-refractivity contribution < 1.29 is 4.79 Å². The fraction of sp³-hybridized carbons (Fsp3) is 0.810. The Morgan fingerprint density at radius 2 is 2.00 bits per heavy atom. The van der Waals surface area contributed by atoms with Crippen LogP contribution >= 0.6 is 0 Å². The van der Waals surface area contributed by atoms with Crippen LogP contribution in [0.5, 0.6) is 0 Å². The fourth-order valence-corrected chi connectivity index (χ4v) is 7.61. The summed E-state index contributed by atoms with van der Waals surface area (Å²) in [7, 11) is 0. The van der Waals surface area contributed by atoms with Gasteiger partial charge in [-0.3, -0.25) is 4.79 Å². The second kappa shape index (κ2) is 4.29. The first kappa shape index (κ1) is 14.3. The van der Waals surface area contributed by atoms with E-state index < -0.39 is 0 Å². The number of fused-ring (bicyclic) bond motifs is 8. The van der Waals surface area contributed by atoms with Gasteiger partial charge >= 0.3 is 0 Å². The molecule has 2 nitrogen and oxygen atoms in total. The van der Waals surface area contributed by atoms with E-state index in [1.807, 2.05) is 6.08 Å². The van der Waals surface area contributed by atoms with Crippen LogP contribution < -0.4 is 0 Å². The van der Waals surface area contributed by atoms with Crippen LogP contribution in [0.3, 0.4) is 0 Å². The first-order chi connectivity index (χ1) is 11.0. The van der Waals surface area contributed by atoms with Crippen LogP contribution in [0.2, 0.25) is 0 Å². The van der Waals surface area contributed by atoms with Crippen LogP contribution in [-0.2, 0) is 4.79 Å². The number of carbonyl (C=O) groups is 1. The SMILES string of the molecule is C[C@]12CC[C@H]3[C@@H]([C@@H]4C[C@@H]4C4=CC(=O)CC[C@@]43C)[C@@H]1CC[C@@H]2C#N. The second-order valence-corrected chi connectivity index (χ2v) is 9.58. The number of allylic oxidation sites excluding steroid dienone is 1. The van der Waals surface area contributed by atoms with E-state index in [0.717, 1.165) is 42.9 Å². The molecule has 2 heteroatoms. The van der Waals surface area contributed by atoms with Gasteiger partial charge in [0.25, 0.3) is 0 Å². The highest BCUT2D eigenvalue weighted by Crippen LogP contribution is 2.74. The first-order valence-corrected chi connectivity index (χ1v) is 9.63. The van der Waals surface area contributed by atoms with E-state index in [4.69, 9.17) is 0 Å². The molecule has 0 aromatic heterocycles. The summed E-state index contributed by atoms with van der Waals surface area (Å²) in [6, 6.07) is 2.64. The lowest BCUT2D eigenvalue weighted by molar-refractivity contribution is -0.117. The van der Waals surface area contributed by atoms with Gasteiger partial charge in [-0.2, -0.15) is 5.26 Å². The number of ketones is 1. The molecule has 0 bridgehead atoms. The summed E-state index contributed by atoms with van der Waals surface area (Å²) < 4.78 is 0. The summed E-state index contributed by atoms with van der Waals surface area (Å²) in [5.74, 6) is 4.53. The molecule has 4 fully saturated rings. The maximum absolute atomic E-state index is 12.0. The topological polar surface area (TPSA) is 40.9 Å². The Morgan fingerprint density at radius 1 is 1.17 bits per heavy atom. The minimum absolute atomic E-state index is 0.269. The van der Waals surface area contributed by atoms with Crippen LogP contribution in [0.15, 0.2) is 11.6 Å². The van der Waals surface area contributed by atoms with Gasteiger partial charge in [0.15, 0.2) is 5.78 Å². The molecule has 122 valence electrons. The molecule has 0 aromatic rings. The third kappa shape index (κ3) is 1.62. The van der Waals surface area contributed by atoms with Gasteiger partial charge in [0.2, 0.25) is 0 Å². The third-order valence-corrected chi connectivity index (χ3v) is 8.91. The highest BCUT2D eigenvalue weighted by Gasteiger charge is 2.67. The van der Waals surface area contributed by atoms with E-state index in [9.17, 15) is 10.1 Å². The monoisotopic (exact) mass is 309 g/mol. The molecule has 0 spiro atoms. The average Bonchev–Trinajstić information content (AvgIpc) is 3.24. The van der Waals surface area contributed by atoms with Crippen molar-refractivity contribution in [3.63, 3.8) is 0 Å². The van der Waals surface area contributed by atoms with Gasteiger partial charge in [0.1, 0.15) is 0 Å². The van der Waals surface area contributed by atoms with Crippen LogP contribution in [0.1, 0.15) is 58.8 Å². The van der Waals surface area contributed by atoms with Crippen molar-refractivity contribution >= 4 is 5.78 Å². The lowest BCUT2D eigenvalue weighted by atomic mass is 9.47. The Kier molecular flexibility index (Phi) is 2.66. The van der Waals surface area contributed by atoms with Crippen molar-refractivity contribution in [2.45, 2.75) is 58.8 Å². The summed E-state index contributed by atoms with van der Waals surface area (Å²) in [5.41, 5.74) is 2.08. The summed E-state index contributed by atoms with van der Waals surface area (Å²) in [4.78, 5) is 12.0. The molecular weight excluding hydrogens is 282 g/mol. The highest BCUT2D eigenvalue weighted by molar-refractivity contribution is 5.92. The number of hydrogen-bond donors (Lipinski definition) is 0. The summed E-state index contributed by atoms with van der Waals surface area (Å²) in [6.45, 7) is 4.89. The van der Waals surface area contributed by atoms with Gasteiger partial charge in [-0.15, -0.1) is 0 Å². The molecule has 0 radical (unpaired) electrons. The number of carbonyl (C=O) groups excluding carboxylic acids is 1. The molecule has 0 N–H and O–H groups in total. The lowest BCUT2D eigenvalue weighted by Gasteiger charge is -2.57. The maximum Gasteiger partial charge on any atom is 0.155 e. The molecule has 0 saturated heterocycles. The molecule has 4 saturated carbocycles. The summed E-state index contributed by atoms with van der Waals surface area (Å²) >= 11 is 0. The summed E-state index contributed by atoms with van der Waals surface area (Å²) in [6.07, 6.45) is 10.1. The third-order valence-electron chi connectivity index (χ3n) is 8.91. The molecule has 5 aliphatic rings. The molecule has 0 amide bonds. The van der Waals surface area contributed by atoms with Gasteiger partial charge in [-0.05, 0) is 85.0 Å². The van der Waals surface area contributed by atoms with Gasteiger partial charge in [-0.25, -0.2) is 0 Å². The zero-order valence-electron chi connectivity index (χ0n) is 14.3. The molecule has 23 heavy (non-hydrogen) atoms. The first-order valence-electron chi connectivity index (χ1n) is 9.63. The molecule has 8 atom stereocenters. The average molecular weight is 309 g/mol. The minimum Gasteiger partial charge on any atom is -0.295 e. The Hall–Kier alpha value is -1.10. The Bertz CT molecular complexity index is 657. The Balaban J connectivity index is 1.57. The van der Waals surface area contributed by atoms with E-state index in [-0.39, 0.29) is 16.7 Å². The predicted octanol–water partition coefficient (Wildman–Crippen LogP) is 4.51. The van der Waals surface area contributed by atoms with E-state index in [1.54, 1.807) is 0 Å². The normalized spacial score (nSPS) is 56.6. The van der Waals surface area contributed by atoms with Crippen LogP contribution in [-0.4, -0.2) is 5.78 Å². The van der Waals surface area contributed by atoms with Crippen molar-refractivity contribution in [1.29, 1.82) is 5.26 Å². The maximum atomic E-state index is 12.0. The molecule has 0 unspecified atom stereocenters. The number of nitriles is 1. The molecule has 0 aliphatic heterocycles. The van der Waals surface area contributed by atoms with Crippen molar-refractivity contribution in [3.05, 3.63) is 11.6 Å². The highest BCUT2D eigenvalue weighted by atomic mass is 16.1. The summed E-state index contributed by atoms with van der Waals surface area (Å²) in [5, 5.41) is 9.61. The smallest absolute Gasteiger partial charge is 0.155 e. The quantitative estimate of drug-likeness (QED) is 0.660. The number of rotatable bonds is 0. The number of hydrogen-bond acceptors (Lipinski definition) is 2. The van der Waals surface area contributed by atoms with Crippen molar-refractivity contribution in [2.75, 3.05) is 0 Å². The van der Waals surface area contributed by atoms with E-state index in [2.05, 4.69) is 19.9 Å². The van der Waals surface area contributed by atoms with Crippen LogP contribution in [0, 0.1) is 57.7 Å². The Labute approximate surface area is 139 Å². The van der Waals surface area contributed by atoms with Crippen molar-refractivity contribution in [1.82, 2.24) is 0 Å². The zero-order valence-corrected chi connectivity index (χ0v) is 14.3. The fourth-order valence-electron chi connectivity index (χ4n) is 7.61. The number of nitrogens with zero attached hydrogens (tertiary/aromatic N) is 1. The van der Waals surface area contributed by atoms with Crippen LogP contribution in [0.25, 0.3) is 0 Å². The van der Waals surface area contributed by atoms with Crippen LogP contribution in [0.4, 0.5) is 0 Å². The minimum atomic E-state index is 0.269. The van der Waals surface area contributed by atoms with Gasteiger partial charge in [0, 0.05) is 6.42 Å². The molecular formula is C21H27NO. The Morgan fingerprint density at radius 3 is 2.78 bits per heavy atom. The lowest BCUT2D eigenvalue weighted by Crippen LogP contribution is -2.51. The standard InChI is InChI=1S/C21H27NO/c1-20-8-6-17-19(16(20)4-3-12(20)11-22)15-10-14(15)18-9-13(23)5-7-21(17,18)2/h9,12,14-17,19H,3-8,10H2,1-2H3/t12-,14+,15-,16+,17+,19+,20-,21-/m1/s1. The van der Waals surface area contributed by atoms with E-state index in [0.29, 0.717) is 11.7 Å². The van der Waals surface area contributed by atoms with Gasteiger partial charge < -0.3 is 0 Å². The van der Waals surface area contributed by atoms with Gasteiger partial charge in [-0.1, -0.05) is 19.4 Å².